The fourth-order valence-corrected chi connectivity index (χ4v) is 4.26. The minimum Gasteiger partial charge on any atom is -0.488 e. The summed E-state index contributed by atoms with van der Waals surface area (Å²) in [7, 11) is 0. The molecule has 1 aliphatic heterocycles. The topological polar surface area (TPSA) is 64.1 Å². The van der Waals surface area contributed by atoms with Crippen molar-refractivity contribution in [3.05, 3.63) is 90.3 Å². The Balaban J connectivity index is 1.18. The maximum Gasteiger partial charge on any atom is 0.220 e. The van der Waals surface area contributed by atoms with Crippen LogP contribution < -0.4 is 10.1 Å². The number of nitrogens with zero attached hydrogens (tertiary/aromatic N) is 2. The summed E-state index contributed by atoms with van der Waals surface area (Å²) < 4.78 is 6.11. The second kappa shape index (κ2) is 9.18. The first kappa shape index (κ1) is 20.2. The fourth-order valence-electron chi connectivity index (χ4n) is 4.26. The second-order valence-electron chi connectivity index (χ2n) is 8.14. The molecular formula is C27H25N3O2. The number of aryl methyl sites for hydroxylation is 1. The van der Waals surface area contributed by atoms with Crippen molar-refractivity contribution in [3.63, 3.8) is 0 Å². The molecular weight excluding hydrogens is 398 g/mol. The van der Waals surface area contributed by atoms with Gasteiger partial charge in [0.1, 0.15) is 11.9 Å². The number of hydrogen-bond acceptors (Lipinski definition) is 4. The molecule has 1 unspecified atom stereocenters. The Hall–Kier alpha value is -3.73. The Morgan fingerprint density at radius 1 is 1.00 bits per heavy atom. The second-order valence-corrected chi connectivity index (χ2v) is 8.14. The zero-order valence-corrected chi connectivity index (χ0v) is 17.8. The summed E-state index contributed by atoms with van der Waals surface area (Å²) in [6, 6.07) is 22.5. The normalized spacial score (nSPS) is 14.7. The van der Waals surface area contributed by atoms with Crippen LogP contribution in [0.15, 0.2) is 79.1 Å². The molecule has 160 valence electrons. The molecule has 1 N–H and O–H groups in total. The number of rotatable bonds is 7. The fraction of sp³-hybridized carbons (Fsp3) is 0.222. The van der Waals surface area contributed by atoms with Crippen molar-refractivity contribution < 1.29 is 9.53 Å². The number of amides is 1. The molecule has 2 heterocycles. The summed E-state index contributed by atoms with van der Waals surface area (Å²) in [5.74, 6) is 1.71. The quantitative estimate of drug-likeness (QED) is 0.466. The van der Waals surface area contributed by atoms with Crippen LogP contribution in [-0.4, -0.2) is 28.5 Å². The van der Waals surface area contributed by atoms with Crippen LogP contribution in [0, 0.1) is 0 Å². The van der Waals surface area contributed by atoms with Crippen LogP contribution in [0.1, 0.15) is 24.0 Å². The first-order chi connectivity index (χ1) is 15.8. The number of nitrogens with one attached hydrogen (secondary N) is 1. The van der Waals surface area contributed by atoms with E-state index in [9.17, 15) is 4.79 Å². The van der Waals surface area contributed by atoms with Crippen LogP contribution in [0.5, 0.6) is 5.75 Å². The lowest BCUT2D eigenvalue weighted by Crippen LogP contribution is -2.34. The number of carbonyl (C=O) groups excluding carboxylic acids is 1. The van der Waals surface area contributed by atoms with E-state index in [1.807, 2.05) is 30.3 Å². The molecule has 0 saturated heterocycles. The molecule has 0 aliphatic carbocycles. The van der Waals surface area contributed by atoms with Crippen LogP contribution in [0.2, 0.25) is 0 Å². The lowest BCUT2D eigenvalue weighted by atomic mass is 9.99. The van der Waals surface area contributed by atoms with E-state index < -0.39 is 0 Å². The van der Waals surface area contributed by atoms with Gasteiger partial charge in [-0.05, 0) is 47.4 Å². The van der Waals surface area contributed by atoms with Gasteiger partial charge in [0.2, 0.25) is 5.91 Å². The zero-order chi connectivity index (χ0) is 21.8. The van der Waals surface area contributed by atoms with Crippen molar-refractivity contribution in [1.82, 2.24) is 15.3 Å². The van der Waals surface area contributed by atoms with E-state index in [2.05, 4.69) is 51.7 Å². The van der Waals surface area contributed by atoms with E-state index in [-0.39, 0.29) is 12.0 Å². The van der Waals surface area contributed by atoms with Crippen LogP contribution in [0.25, 0.3) is 22.2 Å². The van der Waals surface area contributed by atoms with Crippen LogP contribution in [-0.2, 0) is 17.6 Å². The Labute approximate surface area is 187 Å². The van der Waals surface area contributed by atoms with Gasteiger partial charge in [-0.3, -0.25) is 4.79 Å². The zero-order valence-electron chi connectivity index (χ0n) is 17.8. The van der Waals surface area contributed by atoms with Gasteiger partial charge in [0.05, 0.1) is 6.54 Å². The van der Waals surface area contributed by atoms with E-state index in [1.54, 1.807) is 12.4 Å². The molecule has 0 radical (unpaired) electrons. The molecule has 1 aliphatic rings. The minimum absolute atomic E-state index is 0.0363. The van der Waals surface area contributed by atoms with E-state index >= 15 is 0 Å². The Morgan fingerprint density at radius 3 is 2.69 bits per heavy atom. The predicted molar refractivity (Wildman–Crippen MR) is 125 cm³/mol. The number of hydrogen-bond donors (Lipinski definition) is 1. The standard InChI is InChI=1S/C27H25N3O2/c31-26(9-4-8-19-6-2-1-3-7-19)30-18-22-17-24-23-12-10-21(27-28-14-5-15-29-27)16-20(23)11-13-25(24)32-22/h1-3,5-7,10-16,22H,4,8-9,17-18H2,(H,30,31). The summed E-state index contributed by atoms with van der Waals surface area (Å²) in [5.41, 5.74) is 3.46. The molecule has 5 rings (SSSR count). The molecule has 1 aromatic heterocycles. The highest BCUT2D eigenvalue weighted by Gasteiger charge is 2.25. The number of carbonyl (C=O) groups is 1. The Bertz CT molecular complexity index is 1230. The number of benzene rings is 3. The maximum absolute atomic E-state index is 12.3. The van der Waals surface area contributed by atoms with Gasteiger partial charge in [0.15, 0.2) is 5.82 Å². The first-order valence-electron chi connectivity index (χ1n) is 11.1. The third kappa shape index (κ3) is 4.47. The molecule has 3 aromatic carbocycles. The van der Waals surface area contributed by atoms with Gasteiger partial charge in [-0.1, -0.05) is 48.5 Å². The van der Waals surface area contributed by atoms with E-state index in [0.717, 1.165) is 41.8 Å². The average molecular weight is 424 g/mol. The number of ether oxygens (including phenoxy) is 1. The van der Waals surface area contributed by atoms with Crippen LogP contribution >= 0.6 is 0 Å². The van der Waals surface area contributed by atoms with Gasteiger partial charge in [-0.15, -0.1) is 0 Å². The monoisotopic (exact) mass is 423 g/mol. The molecule has 0 bridgehead atoms. The van der Waals surface area contributed by atoms with Gasteiger partial charge in [0.25, 0.3) is 0 Å². The summed E-state index contributed by atoms with van der Waals surface area (Å²) >= 11 is 0. The highest BCUT2D eigenvalue weighted by molar-refractivity contribution is 5.91. The van der Waals surface area contributed by atoms with Crippen molar-refractivity contribution in [3.8, 4) is 17.1 Å². The molecule has 0 spiro atoms. The van der Waals surface area contributed by atoms with Gasteiger partial charge >= 0.3 is 0 Å². The SMILES string of the molecule is O=C(CCCc1ccccc1)NCC1Cc2c(ccc3cc(-c4ncccn4)ccc23)O1. The minimum atomic E-state index is -0.0363. The van der Waals surface area contributed by atoms with Crippen molar-refractivity contribution >= 4 is 16.7 Å². The molecule has 1 atom stereocenters. The highest BCUT2D eigenvalue weighted by Crippen LogP contribution is 2.36. The predicted octanol–water partition coefficient (Wildman–Crippen LogP) is 4.74. The largest absolute Gasteiger partial charge is 0.488 e. The third-order valence-electron chi connectivity index (χ3n) is 5.88. The molecule has 5 nitrogen and oxygen atoms in total. The molecule has 0 fully saturated rings. The summed E-state index contributed by atoms with van der Waals surface area (Å²) in [5, 5.41) is 5.37. The molecule has 1 amide bonds. The van der Waals surface area contributed by atoms with Crippen LogP contribution in [0.3, 0.4) is 0 Å². The summed E-state index contributed by atoms with van der Waals surface area (Å²) in [6.45, 7) is 0.524. The third-order valence-corrected chi connectivity index (χ3v) is 5.88. The smallest absolute Gasteiger partial charge is 0.220 e. The van der Waals surface area contributed by atoms with Crippen molar-refractivity contribution in [2.45, 2.75) is 31.8 Å². The van der Waals surface area contributed by atoms with Crippen molar-refractivity contribution in [2.24, 2.45) is 0 Å². The lowest BCUT2D eigenvalue weighted by Gasteiger charge is -2.12. The van der Waals surface area contributed by atoms with E-state index in [0.29, 0.717) is 13.0 Å². The number of fused-ring (bicyclic) bond motifs is 3. The van der Waals surface area contributed by atoms with E-state index in [4.69, 9.17) is 4.74 Å². The summed E-state index contributed by atoms with van der Waals surface area (Å²) in [6.07, 6.45) is 6.56. The molecule has 0 saturated carbocycles. The van der Waals surface area contributed by atoms with Gasteiger partial charge < -0.3 is 10.1 Å². The molecule has 5 heteroatoms. The van der Waals surface area contributed by atoms with Crippen molar-refractivity contribution in [1.29, 1.82) is 0 Å². The summed E-state index contributed by atoms with van der Waals surface area (Å²) in [4.78, 5) is 21.0. The van der Waals surface area contributed by atoms with Gasteiger partial charge in [-0.2, -0.15) is 0 Å². The van der Waals surface area contributed by atoms with Crippen molar-refractivity contribution in [2.75, 3.05) is 6.54 Å². The van der Waals surface area contributed by atoms with Gasteiger partial charge in [0, 0.05) is 36.4 Å². The lowest BCUT2D eigenvalue weighted by molar-refractivity contribution is -0.121. The maximum atomic E-state index is 12.3. The average Bonchev–Trinajstić information content (AvgIpc) is 3.27. The Kier molecular flexibility index (Phi) is 5.79. The molecule has 32 heavy (non-hydrogen) atoms. The van der Waals surface area contributed by atoms with Gasteiger partial charge in [-0.25, -0.2) is 9.97 Å². The van der Waals surface area contributed by atoms with Crippen LogP contribution in [0.4, 0.5) is 0 Å². The first-order valence-corrected chi connectivity index (χ1v) is 11.1. The highest BCUT2D eigenvalue weighted by atomic mass is 16.5. The Morgan fingerprint density at radius 2 is 1.84 bits per heavy atom. The number of aromatic nitrogens is 2. The molecule has 4 aromatic rings. The van der Waals surface area contributed by atoms with E-state index in [1.165, 1.54) is 16.5 Å².